The van der Waals surface area contributed by atoms with Gasteiger partial charge in [0.15, 0.2) is 0 Å². The number of hydrogen-bond donors (Lipinski definition) is 2. The Hall–Kier alpha value is -0.280. The van der Waals surface area contributed by atoms with Crippen LogP contribution in [0.3, 0.4) is 0 Å². The maximum Gasteiger partial charge on any atom is 0.0453 e. The molecule has 0 saturated heterocycles. The molecule has 0 aliphatic heterocycles. The molecule has 3 N–H and O–H groups in total. The van der Waals surface area contributed by atoms with Crippen molar-refractivity contribution in [2.75, 3.05) is 0 Å². The van der Waals surface area contributed by atoms with Crippen LogP contribution in [0.4, 0.5) is 0 Å². The van der Waals surface area contributed by atoms with Crippen LogP contribution in [0.1, 0.15) is 44.6 Å². The molecule has 102 valence electrons. The van der Waals surface area contributed by atoms with E-state index in [-0.39, 0.29) is 6.04 Å². The molecule has 18 heavy (non-hydrogen) atoms. The summed E-state index contributed by atoms with van der Waals surface area (Å²) in [4.78, 5) is 0. The fraction of sp³-hybridized carbons (Fsp3) is 0.571. The molecular weight excluding hydrogens is 267 g/mol. The third kappa shape index (κ3) is 5.15. The summed E-state index contributed by atoms with van der Waals surface area (Å²) in [6.45, 7) is 2.21. The number of nitrogens with one attached hydrogen (secondary N) is 1. The summed E-state index contributed by atoms with van der Waals surface area (Å²) in [5, 5.41) is 1.44. The molecule has 0 radical (unpaired) electrons. The highest BCUT2D eigenvalue weighted by Crippen LogP contribution is 2.26. The number of benzene rings is 1. The summed E-state index contributed by atoms with van der Waals surface area (Å²) < 4.78 is 0. The smallest absolute Gasteiger partial charge is 0.0453 e. The molecule has 0 aromatic heterocycles. The maximum atomic E-state index is 6.16. The Morgan fingerprint density at radius 1 is 1.17 bits per heavy atom. The fourth-order valence-corrected chi connectivity index (χ4v) is 2.59. The first-order valence-corrected chi connectivity index (χ1v) is 7.33. The molecule has 1 unspecified atom stereocenters. The molecule has 2 nitrogen and oxygen atoms in total. The Kier molecular flexibility index (Phi) is 7.68. The molecule has 1 atom stereocenters. The zero-order chi connectivity index (χ0) is 13.4. The Balaban J connectivity index is 2.52. The van der Waals surface area contributed by atoms with Gasteiger partial charge in [-0.05, 0) is 30.5 Å². The first-order chi connectivity index (χ1) is 8.69. The lowest BCUT2D eigenvalue weighted by Crippen LogP contribution is -2.36. The van der Waals surface area contributed by atoms with Gasteiger partial charge in [0, 0.05) is 16.1 Å². The van der Waals surface area contributed by atoms with Gasteiger partial charge in [0.1, 0.15) is 0 Å². The fourth-order valence-electron chi connectivity index (χ4n) is 2.04. The minimum atomic E-state index is 0.235. The van der Waals surface area contributed by atoms with Gasteiger partial charge in [-0.2, -0.15) is 0 Å². The molecule has 0 bridgehead atoms. The summed E-state index contributed by atoms with van der Waals surface area (Å²) in [5.41, 5.74) is 3.85. The molecule has 0 aliphatic carbocycles. The van der Waals surface area contributed by atoms with Gasteiger partial charge in [-0.3, -0.25) is 11.3 Å². The molecule has 1 rings (SSSR count). The van der Waals surface area contributed by atoms with Crippen molar-refractivity contribution in [2.24, 2.45) is 5.84 Å². The number of nitrogens with two attached hydrogens (primary N) is 1. The van der Waals surface area contributed by atoms with E-state index in [9.17, 15) is 0 Å². The molecular formula is C14H22Cl2N2. The van der Waals surface area contributed by atoms with Crippen LogP contribution in [-0.2, 0) is 6.42 Å². The standard InChI is InChI=1S/C14H22Cl2N2/c1-2-3-4-5-7-11(18-17)10-12-13(15)8-6-9-14(12)16/h6,8-9,11,18H,2-5,7,10,17H2,1H3. The zero-order valence-corrected chi connectivity index (χ0v) is 12.4. The van der Waals surface area contributed by atoms with Gasteiger partial charge in [-0.25, -0.2) is 0 Å². The Bertz CT molecular complexity index is 335. The van der Waals surface area contributed by atoms with E-state index in [1.54, 1.807) is 0 Å². The monoisotopic (exact) mass is 288 g/mol. The largest absolute Gasteiger partial charge is 0.271 e. The lowest BCUT2D eigenvalue weighted by molar-refractivity contribution is 0.463. The molecule has 0 saturated carbocycles. The van der Waals surface area contributed by atoms with Gasteiger partial charge in [0.2, 0.25) is 0 Å². The van der Waals surface area contributed by atoms with Crippen molar-refractivity contribution in [3.05, 3.63) is 33.8 Å². The summed E-state index contributed by atoms with van der Waals surface area (Å²) in [6.07, 6.45) is 6.80. The molecule has 1 aromatic carbocycles. The van der Waals surface area contributed by atoms with E-state index in [0.29, 0.717) is 0 Å². The summed E-state index contributed by atoms with van der Waals surface area (Å²) in [6, 6.07) is 5.83. The van der Waals surface area contributed by atoms with E-state index in [2.05, 4.69) is 12.3 Å². The third-order valence-corrected chi connectivity index (χ3v) is 3.86. The normalized spacial score (nSPS) is 12.7. The number of halogens is 2. The van der Waals surface area contributed by atoms with Crippen molar-refractivity contribution >= 4 is 23.2 Å². The molecule has 0 aliphatic rings. The average molecular weight is 289 g/mol. The topological polar surface area (TPSA) is 38.0 Å². The number of unbranched alkanes of at least 4 members (excludes halogenated alkanes) is 3. The van der Waals surface area contributed by atoms with Crippen molar-refractivity contribution in [2.45, 2.75) is 51.5 Å². The Morgan fingerprint density at radius 3 is 2.39 bits per heavy atom. The van der Waals surface area contributed by atoms with Crippen LogP contribution in [0.15, 0.2) is 18.2 Å². The third-order valence-electron chi connectivity index (χ3n) is 3.15. The SMILES string of the molecule is CCCCCCC(Cc1c(Cl)cccc1Cl)NN. The van der Waals surface area contributed by atoms with Crippen LogP contribution in [0, 0.1) is 0 Å². The van der Waals surface area contributed by atoms with Crippen LogP contribution < -0.4 is 11.3 Å². The zero-order valence-electron chi connectivity index (χ0n) is 10.9. The maximum absolute atomic E-state index is 6.16. The van der Waals surface area contributed by atoms with Crippen LogP contribution in [0.25, 0.3) is 0 Å². The Labute approximate surface area is 120 Å². The summed E-state index contributed by atoms with van der Waals surface area (Å²) >= 11 is 12.3. The van der Waals surface area contributed by atoms with Crippen molar-refractivity contribution in [3.8, 4) is 0 Å². The first kappa shape index (κ1) is 15.8. The van der Waals surface area contributed by atoms with E-state index >= 15 is 0 Å². The predicted octanol–water partition coefficient (Wildman–Crippen LogP) is 4.34. The van der Waals surface area contributed by atoms with Gasteiger partial charge >= 0.3 is 0 Å². The van der Waals surface area contributed by atoms with E-state index in [1.165, 1.54) is 25.7 Å². The van der Waals surface area contributed by atoms with E-state index < -0.39 is 0 Å². The van der Waals surface area contributed by atoms with E-state index in [0.717, 1.165) is 28.5 Å². The number of hydrogen-bond acceptors (Lipinski definition) is 2. The van der Waals surface area contributed by atoms with Crippen molar-refractivity contribution in [3.63, 3.8) is 0 Å². The molecule has 0 fully saturated rings. The highest BCUT2D eigenvalue weighted by atomic mass is 35.5. The van der Waals surface area contributed by atoms with Crippen LogP contribution in [0.2, 0.25) is 10.0 Å². The van der Waals surface area contributed by atoms with E-state index in [1.807, 2.05) is 18.2 Å². The second-order valence-corrected chi connectivity index (χ2v) is 5.43. The van der Waals surface area contributed by atoms with Gasteiger partial charge in [0.25, 0.3) is 0 Å². The van der Waals surface area contributed by atoms with Gasteiger partial charge in [0.05, 0.1) is 0 Å². The van der Waals surface area contributed by atoms with Crippen LogP contribution in [0.5, 0.6) is 0 Å². The molecule has 0 spiro atoms. The summed E-state index contributed by atoms with van der Waals surface area (Å²) in [5.74, 6) is 5.60. The average Bonchev–Trinajstić information content (AvgIpc) is 2.36. The van der Waals surface area contributed by atoms with Gasteiger partial charge in [-0.15, -0.1) is 0 Å². The predicted molar refractivity (Wildman–Crippen MR) is 80.0 cm³/mol. The number of rotatable bonds is 8. The lowest BCUT2D eigenvalue weighted by Gasteiger charge is -2.17. The minimum absolute atomic E-state index is 0.235. The Morgan fingerprint density at radius 2 is 1.83 bits per heavy atom. The van der Waals surface area contributed by atoms with Gasteiger partial charge < -0.3 is 0 Å². The molecule has 0 heterocycles. The highest BCUT2D eigenvalue weighted by Gasteiger charge is 2.12. The molecule has 1 aromatic rings. The van der Waals surface area contributed by atoms with Crippen molar-refractivity contribution in [1.29, 1.82) is 0 Å². The first-order valence-electron chi connectivity index (χ1n) is 6.58. The van der Waals surface area contributed by atoms with Crippen LogP contribution >= 0.6 is 23.2 Å². The minimum Gasteiger partial charge on any atom is -0.271 e. The lowest BCUT2D eigenvalue weighted by atomic mass is 10.0. The van der Waals surface area contributed by atoms with Crippen molar-refractivity contribution < 1.29 is 0 Å². The quantitative estimate of drug-likeness (QED) is 0.424. The molecule has 0 amide bonds. The second-order valence-electron chi connectivity index (χ2n) is 4.62. The van der Waals surface area contributed by atoms with E-state index in [4.69, 9.17) is 29.0 Å². The van der Waals surface area contributed by atoms with Crippen LogP contribution in [-0.4, -0.2) is 6.04 Å². The van der Waals surface area contributed by atoms with Crippen molar-refractivity contribution in [1.82, 2.24) is 5.43 Å². The van der Waals surface area contributed by atoms with Gasteiger partial charge in [-0.1, -0.05) is 61.9 Å². The summed E-state index contributed by atoms with van der Waals surface area (Å²) in [7, 11) is 0. The molecule has 4 heteroatoms. The number of hydrazine groups is 1. The second kappa shape index (κ2) is 8.76. The highest BCUT2D eigenvalue weighted by molar-refractivity contribution is 6.35.